The normalized spacial score (nSPS) is 16.9. The van der Waals surface area contributed by atoms with Gasteiger partial charge in [-0.25, -0.2) is 0 Å². The molecular weight excluding hydrogens is 114 g/mol. The van der Waals surface area contributed by atoms with Crippen molar-refractivity contribution in [1.29, 1.82) is 5.26 Å². The third kappa shape index (κ3) is 2.48. The third-order valence-electron chi connectivity index (χ3n) is 1.68. The van der Waals surface area contributed by atoms with Gasteiger partial charge in [0.15, 0.2) is 0 Å². The maximum Gasteiger partial charge on any atom is 0.143 e. The number of aliphatic hydroxyl groups excluding tert-OH is 1. The quantitative estimate of drug-likeness (QED) is 0.566. The molecule has 0 aliphatic rings. The molecule has 0 aromatic rings. The number of hydrogen-bond donors (Lipinski definition) is 1. The van der Waals surface area contributed by atoms with Gasteiger partial charge >= 0.3 is 0 Å². The highest BCUT2D eigenvalue weighted by atomic mass is 16.3. The van der Waals surface area contributed by atoms with Gasteiger partial charge in [-0.05, 0) is 11.8 Å². The molecule has 0 amide bonds. The molecule has 1 unspecified atom stereocenters. The predicted octanol–water partition coefficient (Wildman–Crippen LogP) is 1.16. The molecule has 52 valence electrons. The fraction of sp³-hybridized carbons (Fsp3) is 0.857. The van der Waals surface area contributed by atoms with Gasteiger partial charge in [-0.2, -0.15) is 5.26 Å². The van der Waals surface area contributed by atoms with Crippen molar-refractivity contribution in [3.05, 3.63) is 0 Å². The molecule has 2 nitrogen and oxygen atoms in total. The summed E-state index contributed by atoms with van der Waals surface area (Å²) in [6.45, 7) is 5.86. The van der Waals surface area contributed by atoms with Crippen LogP contribution in [-0.4, -0.2) is 11.2 Å². The number of rotatable bonds is 2. The monoisotopic (exact) mass is 127 g/mol. The van der Waals surface area contributed by atoms with Gasteiger partial charge in [-0.1, -0.05) is 20.8 Å². The first-order valence-corrected chi connectivity index (χ1v) is 3.17. The summed E-state index contributed by atoms with van der Waals surface area (Å²) in [4.78, 5) is 0. The lowest BCUT2D eigenvalue weighted by atomic mass is 9.93. The van der Waals surface area contributed by atoms with E-state index in [4.69, 9.17) is 10.4 Å². The van der Waals surface area contributed by atoms with E-state index in [9.17, 15) is 0 Å². The second-order valence-corrected chi connectivity index (χ2v) is 2.68. The van der Waals surface area contributed by atoms with Crippen LogP contribution in [0.2, 0.25) is 0 Å². The first-order valence-electron chi connectivity index (χ1n) is 3.17. The first kappa shape index (κ1) is 8.45. The smallest absolute Gasteiger partial charge is 0.143 e. The largest absolute Gasteiger partial charge is 0.378 e. The van der Waals surface area contributed by atoms with Gasteiger partial charge in [0.25, 0.3) is 0 Å². The lowest BCUT2D eigenvalue weighted by molar-refractivity contribution is 0.140. The Hall–Kier alpha value is -0.550. The zero-order valence-corrected chi connectivity index (χ0v) is 6.13. The van der Waals surface area contributed by atoms with E-state index >= 15 is 0 Å². The first-order chi connectivity index (χ1) is 4.09. The van der Waals surface area contributed by atoms with Crippen LogP contribution in [0.4, 0.5) is 0 Å². The Morgan fingerprint density at radius 1 is 1.33 bits per heavy atom. The van der Waals surface area contributed by atoms with Crippen molar-refractivity contribution < 1.29 is 5.11 Å². The lowest BCUT2D eigenvalue weighted by Crippen LogP contribution is -2.19. The van der Waals surface area contributed by atoms with E-state index < -0.39 is 6.10 Å². The fourth-order valence-electron chi connectivity index (χ4n) is 0.482. The van der Waals surface area contributed by atoms with Crippen molar-refractivity contribution in [2.45, 2.75) is 26.9 Å². The van der Waals surface area contributed by atoms with Crippen LogP contribution in [0.25, 0.3) is 0 Å². The van der Waals surface area contributed by atoms with Crippen LogP contribution in [-0.2, 0) is 0 Å². The summed E-state index contributed by atoms with van der Waals surface area (Å²) < 4.78 is 0. The lowest BCUT2D eigenvalue weighted by Gasteiger charge is -2.15. The van der Waals surface area contributed by atoms with E-state index in [-0.39, 0.29) is 5.92 Å². The molecule has 0 aliphatic carbocycles. The van der Waals surface area contributed by atoms with Crippen molar-refractivity contribution in [1.82, 2.24) is 0 Å². The van der Waals surface area contributed by atoms with E-state index in [1.165, 1.54) is 0 Å². The van der Waals surface area contributed by atoms with E-state index in [0.29, 0.717) is 5.92 Å². The predicted molar refractivity (Wildman–Crippen MR) is 35.6 cm³/mol. The van der Waals surface area contributed by atoms with Gasteiger partial charge in [0.1, 0.15) is 6.10 Å². The van der Waals surface area contributed by atoms with Crippen molar-refractivity contribution in [3.8, 4) is 6.07 Å². The Bertz CT molecular complexity index is 115. The number of aliphatic hydroxyl groups is 1. The zero-order valence-electron chi connectivity index (χ0n) is 6.13. The molecule has 0 aliphatic heterocycles. The Balaban J connectivity index is 3.76. The van der Waals surface area contributed by atoms with E-state index in [1.807, 2.05) is 20.8 Å². The molecule has 0 aromatic carbocycles. The second-order valence-electron chi connectivity index (χ2n) is 2.68. The maximum atomic E-state index is 8.94. The average Bonchev–Trinajstić information content (AvgIpc) is 1.84. The average molecular weight is 127 g/mol. The molecule has 0 fully saturated rings. The summed E-state index contributed by atoms with van der Waals surface area (Å²) in [5.41, 5.74) is 0. The van der Waals surface area contributed by atoms with Crippen molar-refractivity contribution >= 4 is 0 Å². The Morgan fingerprint density at radius 3 is 1.89 bits per heavy atom. The maximum absolute atomic E-state index is 8.94. The molecule has 0 radical (unpaired) electrons. The minimum absolute atomic E-state index is 0.0787. The number of nitrogens with zero attached hydrogens (tertiary/aromatic N) is 1. The number of hydrogen-bond acceptors (Lipinski definition) is 2. The fourth-order valence-corrected chi connectivity index (χ4v) is 0.482. The van der Waals surface area contributed by atoms with Crippen molar-refractivity contribution in [2.24, 2.45) is 11.8 Å². The van der Waals surface area contributed by atoms with Gasteiger partial charge < -0.3 is 5.11 Å². The Labute approximate surface area is 56.1 Å². The molecule has 2 atom stereocenters. The summed E-state index contributed by atoms with van der Waals surface area (Å²) in [6.07, 6.45) is -0.801. The molecule has 0 saturated heterocycles. The molecule has 2 heteroatoms. The highest BCUT2D eigenvalue weighted by molar-refractivity contribution is 4.86. The standard InChI is InChI=1S/C7H13NO/c1-5(2)6(3)7(9)4-8/h5-7,9H,1-3H3/t6-,7?/m0/s1. The molecule has 0 saturated carbocycles. The van der Waals surface area contributed by atoms with Crippen LogP contribution in [0.3, 0.4) is 0 Å². The summed E-state index contributed by atoms with van der Waals surface area (Å²) >= 11 is 0. The Kier molecular flexibility index (Phi) is 3.26. The van der Waals surface area contributed by atoms with Gasteiger partial charge in [0.05, 0.1) is 6.07 Å². The van der Waals surface area contributed by atoms with Gasteiger partial charge in [0.2, 0.25) is 0 Å². The second kappa shape index (κ2) is 3.47. The van der Waals surface area contributed by atoms with Crippen LogP contribution in [0.5, 0.6) is 0 Å². The topological polar surface area (TPSA) is 44.0 Å². The highest BCUT2D eigenvalue weighted by Crippen LogP contribution is 2.12. The summed E-state index contributed by atoms with van der Waals surface area (Å²) in [6, 6.07) is 1.80. The molecule has 1 N–H and O–H groups in total. The summed E-state index contributed by atoms with van der Waals surface area (Å²) in [7, 11) is 0. The third-order valence-corrected chi connectivity index (χ3v) is 1.68. The molecule has 0 rings (SSSR count). The zero-order chi connectivity index (χ0) is 7.44. The van der Waals surface area contributed by atoms with E-state index in [1.54, 1.807) is 6.07 Å². The minimum atomic E-state index is -0.801. The molecular formula is C7H13NO. The molecule has 0 spiro atoms. The summed E-state index contributed by atoms with van der Waals surface area (Å²) in [5, 5.41) is 17.2. The van der Waals surface area contributed by atoms with E-state index in [0.717, 1.165) is 0 Å². The van der Waals surface area contributed by atoms with E-state index in [2.05, 4.69) is 0 Å². The van der Waals surface area contributed by atoms with Crippen LogP contribution >= 0.6 is 0 Å². The molecule has 0 heterocycles. The Morgan fingerprint density at radius 2 is 1.78 bits per heavy atom. The summed E-state index contributed by atoms with van der Waals surface area (Å²) in [5.74, 6) is 0.453. The minimum Gasteiger partial charge on any atom is -0.378 e. The molecule has 9 heavy (non-hydrogen) atoms. The van der Waals surface area contributed by atoms with Crippen LogP contribution in [0.1, 0.15) is 20.8 Å². The highest BCUT2D eigenvalue weighted by Gasteiger charge is 2.15. The van der Waals surface area contributed by atoms with Crippen LogP contribution in [0.15, 0.2) is 0 Å². The van der Waals surface area contributed by atoms with Gasteiger partial charge in [-0.15, -0.1) is 0 Å². The molecule has 0 bridgehead atoms. The number of nitriles is 1. The van der Waals surface area contributed by atoms with Gasteiger partial charge in [0, 0.05) is 0 Å². The van der Waals surface area contributed by atoms with Crippen LogP contribution < -0.4 is 0 Å². The van der Waals surface area contributed by atoms with Crippen LogP contribution in [0, 0.1) is 23.2 Å². The van der Waals surface area contributed by atoms with Gasteiger partial charge in [-0.3, -0.25) is 0 Å². The SMILES string of the molecule is CC(C)[C@H](C)C(O)C#N. The molecule has 0 aromatic heterocycles. The van der Waals surface area contributed by atoms with Crippen molar-refractivity contribution in [3.63, 3.8) is 0 Å². The van der Waals surface area contributed by atoms with Crippen molar-refractivity contribution in [2.75, 3.05) is 0 Å².